The van der Waals surface area contributed by atoms with Gasteiger partial charge in [-0.2, -0.15) is 0 Å². The second-order valence-electron chi connectivity index (χ2n) is 4.29. The average molecular weight is 292 g/mol. The first-order valence-electron chi connectivity index (χ1n) is 6.18. The van der Waals surface area contributed by atoms with E-state index in [1.54, 1.807) is 0 Å². The number of sulfone groups is 1. The van der Waals surface area contributed by atoms with Gasteiger partial charge in [0.1, 0.15) is 0 Å². The van der Waals surface area contributed by atoms with Crippen LogP contribution in [0.1, 0.15) is 12.8 Å². The van der Waals surface area contributed by atoms with Gasteiger partial charge in [-0.3, -0.25) is 4.90 Å². The Morgan fingerprint density at radius 1 is 1.22 bits per heavy atom. The summed E-state index contributed by atoms with van der Waals surface area (Å²) < 4.78 is 28.8. The smallest absolute Gasteiger partial charge is 0.151 e. The van der Waals surface area contributed by atoms with Gasteiger partial charge in [-0.15, -0.1) is 0 Å². The molecule has 1 heterocycles. The number of thiocarbonyl (C=S) groups is 1. The van der Waals surface area contributed by atoms with Crippen molar-refractivity contribution in [1.29, 1.82) is 0 Å². The number of isothiocyanates is 1. The second kappa shape index (κ2) is 8.72. The van der Waals surface area contributed by atoms with Crippen molar-refractivity contribution in [1.82, 2.24) is 4.90 Å². The Labute approximate surface area is 114 Å². The van der Waals surface area contributed by atoms with E-state index in [1.807, 2.05) is 0 Å². The third kappa shape index (κ3) is 7.18. The second-order valence-corrected chi connectivity index (χ2v) is 6.77. The number of hydrogen-bond acceptors (Lipinski definition) is 6. The summed E-state index contributed by atoms with van der Waals surface area (Å²) in [6, 6.07) is 0. The zero-order chi connectivity index (χ0) is 13.3. The molecule has 0 aromatic heterocycles. The molecule has 0 spiro atoms. The summed E-state index contributed by atoms with van der Waals surface area (Å²) in [5, 5.41) is 2.27. The minimum Gasteiger partial charge on any atom is -0.379 e. The van der Waals surface area contributed by atoms with E-state index in [2.05, 4.69) is 27.3 Å². The first-order chi connectivity index (χ1) is 8.64. The topological polar surface area (TPSA) is 59.0 Å². The fraction of sp³-hybridized carbons (Fsp3) is 0.909. The highest BCUT2D eigenvalue weighted by Crippen LogP contribution is 2.01. The van der Waals surface area contributed by atoms with E-state index >= 15 is 0 Å². The zero-order valence-electron chi connectivity index (χ0n) is 10.5. The number of hydrogen-bond donors (Lipinski definition) is 0. The van der Waals surface area contributed by atoms with Crippen molar-refractivity contribution in [3.63, 3.8) is 0 Å². The lowest BCUT2D eigenvalue weighted by molar-refractivity contribution is 0.0408. The third-order valence-electron chi connectivity index (χ3n) is 2.86. The Balaban J connectivity index is 2.16. The monoisotopic (exact) mass is 292 g/mol. The zero-order valence-corrected chi connectivity index (χ0v) is 12.1. The first kappa shape index (κ1) is 15.7. The summed E-state index contributed by atoms with van der Waals surface area (Å²) in [7, 11) is -2.94. The normalized spacial score (nSPS) is 17.3. The van der Waals surface area contributed by atoms with Gasteiger partial charge in [0.15, 0.2) is 9.84 Å². The van der Waals surface area contributed by atoms with Crippen LogP contribution in [0.25, 0.3) is 0 Å². The largest absolute Gasteiger partial charge is 0.379 e. The van der Waals surface area contributed by atoms with E-state index in [9.17, 15) is 8.42 Å². The molecule has 0 aliphatic carbocycles. The molecule has 5 nitrogen and oxygen atoms in total. The Bertz CT molecular complexity index is 372. The lowest BCUT2D eigenvalue weighted by Gasteiger charge is -2.26. The summed E-state index contributed by atoms with van der Waals surface area (Å²) in [4.78, 5) is 5.90. The van der Waals surface area contributed by atoms with Crippen LogP contribution in [0, 0.1) is 0 Å². The van der Waals surface area contributed by atoms with Gasteiger partial charge >= 0.3 is 0 Å². The molecule has 7 heteroatoms. The van der Waals surface area contributed by atoms with E-state index in [-0.39, 0.29) is 11.5 Å². The molecule has 0 saturated carbocycles. The van der Waals surface area contributed by atoms with Crippen LogP contribution in [0.5, 0.6) is 0 Å². The van der Waals surface area contributed by atoms with E-state index in [1.165, 1.54) is 0 Å². The van der Waals surface area contributed by atoms with Crippen LogP contribution in [-0.2, 0) is 14.6 Å². The number of rotatable bonds is 8. The standard InChI is InChI=1S/C11H20N2O3S2/c14-18(15,9-2-1-3-12-11-17)10-6-13-4-7-16-8-5-13/h1-10H2. The van der Waals surface area contributed by atoms with Crippen LogP contribution >= 0.6 is 12.2 Å². The third-order valence-corrected chi connectivity index (χ3v) is 4.71. The van der Waals surface area contributed by atoms with Gasteiger partial charge in [-0.1, -0.05) is 0 Å². The number of unbranched alkanes of at least 4 members (excludes halogenated alkanes) is 1. The maximum atomic E-state index is 11.8. The molecule has 0 radical (unpaired) electrons. The average Bonchev–Trinajstić information content (AvgIpc) is 2.38. The minimum atomic E-state index is -2.94. The Hall–Kier alpha value is -0.330. The Morgan fingerprint density at radius 3 is 2.61 bits per heavy atom. The lowest BCUT2D eigenvalue weighted by Crippen LogP contribution is -2.39. The molecule has 1 aliphatic heterocycles. The van der Waals surface area contributed by atoms with Crippen molar-refractivity contribution in [2.24, 2.45) is 4.99 Å². The maximum Gasteiger partial charge on any atom is 0.151 e. The van der Waals surface area contributed by atoms with Crippen LogP contribution < -0.4 is 0 Å². The summed E-state index contributed by atoms with van der Waals surface area (Å²) in [6.45, 7) is 4.26. The fourth-order valence-electron chi connectivity index (χ4n) is 1.75. The van der Waals surface area contributed by atoms with Crippen LogP contribution in [0.15, 0.2) is 4.99 Å². The number of morpholine rings is 1. The van der Waals surface area contributed by atoms with Crippen molar-refractivity contribution in [2.75, 3.05) is 50.9 Å². The van der Waals surface area contributed by atoms with Crippen molar-refractivity contribution in [2.45, 2.75) is 12.8 Å². The molecular formula is C11H20N2O3S2. The quantitative estimate of drug-likeness (QED) is 0.373. The van der Waals surface area contributed by atoms with E-state index in [0.717, 1.165) is 19.5 Å². The number of aliphatic imine (C=N–C) groups is 1. The summed E-state index contributed by atoms with van der Waals surface area (Å²) in [6.07, 6.45) is 1.40. The molecule has 1 saturated heterocycles. The van der Waals surface area contributed by atoms with Crippen molar-refractivity contribution in [3.05, 3.63) is 0 Å². The van der Waals surface area contributed by atoms with Crippen LogP contribution in [0.3, 0.4) is 0 Å². The molecule has 0 amide bonds. The van der Waals surface area contributed by atoms with E-state index in [4.69, 9.17) is 4.74 Å². The summed E-state index contributed by atoms with van der Waals surface area (Å²) in [5.41, 5.74) is 0. The molecule has 0 atom stereocenters. The molecular weight excluding hydrogens is 272 g/mol. The SMILES string of the molecule is O=S(=O)(CCCCN=C=S)CCN1CCOCC1. The molecule has 1 aliphatic rings. The van der Waals surface area contributed by atoms with E-state index in [0.29, 0.717) is 32.7 Å². The molecule has 18 heavy (non-hydrogen) atoms. The van der Waals surface area contributed by atoms with Gasteiger partial charge in [0, 0.05) is 26.2 Å². The minimum absolute atomic E-state index is 0.240. The van der Waals surface area contributed by atoms with Crippen molar-refractivity contribution >= 4 is 27.2 Å². The van der Waals surface area contributed by atoms with E-state index < -0.39 is 9.84 Å². The predicted octanol–water partition coefficient (Wildman–Crippen LogP) is 0.616. The molecule has 1 fully saturated rings. The van der Waals surface area contributed by atoms with Crippen molar-refractivity contribution < 1.29 is 13.2 Å². The van der Waals surface area contributed by atoms with Gasteiger partial charge in [-0.05, 0) is 25.1 Å². The summed E-state index contributed by atoms with van der Waals surface area (Å²) in [5.74, 6) is 0.480. The molecule has 0 aromatic carbocycles. The highest BCUT2D eigenvalue weighted by Gasteiger charge is 2.15. The fourth-order valence-corrected chi connectivity index (χ4v) is 3.23. The highest BCUT2D eigenvalue weighted by atomic mass is 32.2. The van der Waals surface area contributed by atoms with Gasteiger partial charge < -0.3 is 4.74 Å². The number of ether oxygens (including phenoxy) is 1. The molecule has 0 aromatic rings. The van der Waals surface area contributed by atoms with Gasteiger partial charge in [0.2, 0.25) is 0 Å². The summed E-state index contributed by atoms with van der Waals surface area (Å²) >= 11 is 4.44. The van der Waals surface area contributed by atoms with Crippen LogP contribution in [0.4, 0.5) is 0 Å². The highest BCUT2D eigenvalue weighted by molar-refractivity contribution is 7.91. The van der Waals surface area contributed by atoms with Gasteiger partial charge in [0.05, 0.1) is 29.9 Å². The first-order valence-corrected chi connectivity index (χ1v) is 8.41. The van der Waals surface area contributed by atoms with Crippen LogP contribution in [0.2, 0.25) is 0 Å². The molecule has 0 unspecified atom stereocenters. The van der Waals surface area contributed by atoms with Crippen LogP contribution in [-0.4, -0.2) is 69.4 Å². The molecule has 104 valence electrons. The molecule has 0 N–H and O–H groups in total. The van der Waals surface area contributed by atoms with Crippen molar-refractivity contribution in [3.8, 4) is 0 Å². The number of nitrogens with zero attached hydrogens (tertiary/aromatic N) is 2. The lowest BCUT2D eigenvalue weighted by atomic mass is 10.3. The molecule has 1 rings (SSSR count). The maximum absolute atomic E-state index is 11.8. The Kier molecular flexibility index (Phi) is 7.62. The van der Waals surface area contributed by atoms with Gasteiger partial charge in [-0.25, -0.2) is 13.4 Å². The predicted molar refractivity (Wildman–Crippen MR) is 75.0 cm³/mol. The van der Waals surface area contributed by atoms with Gasteiger partial charge in [0.25, 0.3) is 0 Å². The molecule has 0 bridgehead atoms. The Morgan fingerprint density at radius 2 is 1.94 bits per heavy atom.